The van der Waals surface area contributed by atoms with Crippen molar-refractivity contribution in [2.45, 2.75) is 0 Å². The summed E-state index contributed by atoms with van der Waals surface area (Å²) in [6, 6.07) is 3.05. The SMILES string of the molecule is CN(c1ncccc1[N+](=O)[O-])N1CCNCC1. The smallest absolute Gasteiger partial charge is 0.312 e. The van der Waals surface area contributed by atoms with Crippen LogP contribution in [0.15, 0.2) is 18.3 Å². The van der Waals surface area contributed by atoms with Crippen LogP contribution in [0.2, 0.25) is 0 Å². The summed E-state index contributed by atoms with van der Waals surface area (Å²) in [5, 5.41) is 18.0. The van der Waals surface area contributed by atoms with Crippen LogP contribution in [0.4, 0.5) is 11.5 Å². The summed E-state index contributed by atoms with van der Waals surface area (Å²) >= 11 is 0. The predicted molar refractivity (Wildman–Crippen MR) is 63.7 cm³/mol. The number of aromatic nitrogens is 1. The predicted octanol–water partition coefficient (Wildman–Crippen LogP) is 0.246. The maximum atomic E-state index is 10.9. The van der Waals surface area contributed by atoms with E-state index in [9.17, 15) is 10.1 Å². The second kappa shape index (κ2) is 5.07. The number of piperazine rings is 1. The number of rotatable bonds is 3. The standard InChI is InChI=1S/C10H15N5O2/c1-13(14-7-5-11-6-8-14)10-9(15(16)17)3-2-4-12-10/h2-4,11H,5-8H2,1H3. The van der Waals surface area contributed by atoms with E-state index in [4.69, 9.17) is 0 Å². The van der Waals surface area contributed by atoms with E-state index in [-0.39, 0.29) is 5.69 Å². The van der Waals surface area contributed by atoms with Gasteiger partial charge in [0.2, 0.25) is 5.82 Å². The summed E-state index contributed by atoms with van der Waals surface area (Å²) in [6.07, 6.45) is 1.57. The van der Waals surface area contributed by atoms with Gasteiger partial charge in [0.15, 0.2) is 0 Å². The van der Waals surface area contributed by atoms with Crippen LogP contribution in [-0.4, -0.2) is 48.1 Å². The van der Waals surface area contributed by atoms with E-state index in [0.29, 0.717) is 5.82 Å². The zero-order valence-electron chi connectivity index (χ0n) is 9.67. The Morgan fingerprint density at radius 2 is 2.24 bits per heavy atom. The first-order valence-corrected chi connectivity index (χ1v) is 5.49. The summed E-state index contributed by atoms with van der Waals surface area (Å²) in [7, 11) is 1.81. The van der Waals surface area contributed by atoms with Crippen molar-refractivity contribution < 1.29 is 4.92 Å². The minimum atomic E-state index is -0.402. The van der Waals surface area contributed by atoms with E-state index in [1.807, 2.05) is 5.01 Å². The topological polar surface area (TPSA) is 74.5 Å². The Labute approximate surface area is 99.2 Å². The summed E-state index contributed by atoms with van der Waals surface area (Å²) in [4.78, 5) is 14.6. The number of anilines is 1. The van der Waals surface area contributed by atoms with Gasteiger partial charge in [-0.05, 0) is 6.07 Å². The fraction of sp³-hybridized carbons (Fsp3) is 0.500. The fourth-order valence-corrected chi connectivity index (χ4v) is 1.87. The van der Waals surface area contributed by atoms with Crippen molar-refractivity contribution in [2.24, 2.45) is 0 Å². The Hall–Kier alpha value is -1.73. The van der Waals surface area contributed by atoms with Crippen LogP contribution < -0.4 is 10.3 Å². The Kier molecular flexibility index (Phi) is 3.50. The summed E-state index contributed by atoms with van der Waals surface area (Å²) in [5.41, 5.74) is 0.0357. The molecule has 0 aliphatic carbocycles. The third kappa shape index (κ3) is 2.51. The van der Waals surface area contributed by atoms with Crippen molar-refractivity contribution in [2.75, 3.05) is 38.2 Å². The Morgan fingerprint density at radius 3 is 2.88 bits per heavy atom. The van der Waals surface area contributed by atoms with Gasteiger partial charge in [-0.3, -0.25) is 15.1 Å². The largest absolute Gasteiger partial charge is 0.314 e. The lowest BCUT2D eigenvalue weighted by atomic mass is 10.3. The van der Waals surface area contributed by atoms with Crippen molar-refractivity contribution in [3.05, 3.63) is 28.4 Å². The first-order valence-electron chi connectivity index (χ1n) is 5.49. The minimum absolute atomic E-state index is 0.0357. The van der Waals surface area contributed by atoms with Gasteiger partial charge in [0.25, 0.3) is 0 Å². The molecule has 1 aromatic heterocycles. The maximum Gasteiger partial charge on any atom is 0.312 e. The third-order valence-electron chi connectivity index (χ3n) is 2.79. The van der Waals surface area contributed by atoms with Crippen LogP contribution in [0.3, 0.4) is 0 Å². The van der Waals surface area contributed by atoms with Crippen LogP contribution in [-0.2, 0) is 0 Å². The van der Waals surface area contributed by atoms with E-state index >= 15 is 0 Å². The molecule has 92 valence electrons. The Morgan fingerprint density at radius 1 is 1.53 bits per heavy atom. The molecule has 0 unspecified atom stereocenters. The van der Waals surface area contributed by atoms with Crippen molar-refractivity contribution in [3.8, 4) is 0 Å². The lowest BCUT2D eigenvalue weighted by Crippen LogP contribution is -2.51. The van der Waals surface area contributed by atoms with Crippen LogP contribution >= 0.6 is 0 Å². The lowest BCUT2D eigenvalue weighted by Gasteiger charge is -2.35. The third-order valence-corrected chi connectivity index (χ3v) is 2.79. The molecule has 2 rings (SSSR count). The molecular formula is C10H15N5O2. The molecule has 0 spiro atoms. The van der Waals surface area contributed by atoms with E-state index in [0.717, 1.165) is 26.2 Å². The summed E-state index contributed by atoms with van der Waals surface area (Å²) in [6.45, 7) is 3.41. The minimum Gasteiger partial charge on any atom is -0.314 e. The molecule has 7 heteroatoms. The number of nitrogens with one attached hydrogen (secondary N) is 1. The first-order chi connectivity index (χ1) is 8.20. The number of hydrogen-bond donors (Lipinski definition) is 1. The molecule has 1 saturated heterocycles. The fourth-order valence-electron chi connectivity index (χ4n) is 1.87. The molecule has 1 N–H and O–H groups in total. The van der Waals surface area contributed by atoms with Gasteiger partial charge >= 0.3 is 5.69 Å². The second-order valence-corrected chi connectivity index (χ2v) is 3.83. The molecule has 0 bridgehead atoms. The molecule has 0 atom stereocenters. The van der Waals surface area contributed by atoms with Gasteiger partial charge in [-0.2, -0.15) is 0 Å². The molecule has 1 aliphatic rings. The van der Waals surface area contributed by atoms with Gasteiger partial charge in [0.1, 0.15) is 0 Å². The van der Waals surface area contributed by atoms with Gasteiger partial charge < -0.3 is 5.32 Å². The average Bonchev–Trinajstić information content (AvgIpc) is 2.39. The maximum absolute atomic E-state index is 10.9. The zero-order chi connectivity index (χ0) is 12.3. The summed E-state index contributed by atoms with van der Waals surface area (Å²) < 4.78 is 0. The Balaban J connectivity index is 2.23. The Bertz CT molecular complexity index is 405. The van der Waals surface area contributed by atoms with Crippen molar-refractivity contribution in [1.82, 2.24) is 15.3 Å². The van der Waals surface area contributed by atoms with Crippen molar-refractivity contribution >= 4 is 11.5 Å². The molecule has 0 amide bonds. The molecule has 0 aromatic carbocycles. The number of nitro groups is 1. The van der Waals surface area contributed by atoms with Gasteiger partial charge in [0.05, 0.1) is 4.92 Å². The highest BCUT2D eigenvalue weighted by molar-refractivity contribution is 5.56. The number of hydrogen-bond acceptors (Lipinski definition) is 6. The van der Waals surface area contributed by atoms with Crippen LogP contribution in [0.25, 0.3) is 0 Å². The molecule has 7 nitrogen and oxygen atoms in total. The van der Waals surface area contributed by atoms with Gasteiger partial charge in [-0.15, -0.1) is 0 Å². The molecule has 1 aromatic rings. The van der Waals surface area contributed by atoms with Gasteiger partial charge in [-0.1, -0.05) is 0 Å². The molecular weight excluding hydrogens is 222 g/mol. The first kappa shape index (κ1) is 11.7. The number of nitrogens with zero attached hydrogens (tertiary/aromatic N) is 4. The molecule has 17 heavy (non-hydrogen) atoms. The van der Waals surface area contributed by atoms with Crippen LogP contribution in [0.5, 0.6) is 0 Å². The van der Waals surface area contributed by atoms with Crippen molar-refractivity contribution in [3.63, 3.8) is 0 Å². The van der Waals surface area contributed by atoms with E-state index in [1.54, 1.807) is 24.3 Å². The normalized spacial score (nSPS) is 16.8. The monoisotopic (exact) mass is 237 g/mol. The molecule has 0 saturated carbocycles. The van der Waals surface area contributed by atoms with E-state index in [2.05, 4.69) is 10.3 Å². The highest BCUT2D eigenvalue weighted by Crippen LogP contribution is 2.24. The molecule has 0 radical (unpaired) electrons. The van der Waals surface area contributed by atoms with Gasteiger partial charge in [0, 0.05) is 45.5 Å². The molecule has 1 fully saturated rings. The lowest BCUT2D eigenvalue weighted by molar-refractivity contribution is -0.384. The van der Waals surface area contributed by atoms with Crippen molar-refractivity contribution in [1.29, 1.82) is 0 Å². The molecule has 2 heterocycles. The second-order valence-electron chi connectivity index (χ2n) is 3.83. The molecule has 1 aliphatic heterocycles. The number of hydrazine groups is 1. The van der Waals surface area contributed by atoms with Crippen LogP contribution in [0.1, 0.15) is 0 Å². The van der Waals surface area contributed by atoms with E-state index in [1.165, 1.54) is 6.07 Å². The summed E-state index contributed by atoms with van der Waals surface area (Å²) in [5.74, 6) is 0.388. The number of pyridine rings is 1. The van der Waals surface area contributed by atoms with E-state index < -0.39 is 4.92 Å². The van der Waals surface area contributed by atoms with Gasteiger partial charge in [-0.25, -0.2) is 9.99 Å². The highest BCUT2D eigenvalue weighted by Gasteiger charge is 2.23. The quantitative estimate of drug-likeness (QED) is 0.600. The zero-order valence-corrected chi connectivity index (χ0v) is 9.67. The highest BCUT2D eigenvalue weighted by atomic mass is 16.6. The van der Waals surface area contributed by atoms with Crippen LogP contribution in [0, 0.1) is 10.1 Å². The average molecular weight is 237 g/mol.